The Morgan fingerprint density at radius 3 is 1.48 bits per heavy atom. The first-order valence-corrected chi connectivity index (χ1v) is 6.40. The van der Waals surface area contributed by atoms with Crippen LogP contribution in [0.1, 0.15) is 20.7 Å². The van der Waals surface area contributed by atoms with E-state index in [4.69, 9.17) is 31.2 Å². The van der Waals surface area contributed by atoms with E-state index in [0.717, 1.165) is 0 Å². The topological polar surface area (TPSA) is 145 Å². The fourth-order valence-corrected chi connectivity index (χ4v) is 1.83. The second kappa shape index (κ2) is 6.34. The molecule has 2 aromatic carbocycles. The Morgan fingerprint density at radius 2 is 1.13 bits per heavy atom. The van der Waals surface area contributed by atoms with E-state index in [2.05, 4.69) is 0 Å². The Balaban J connectivity index is 2.27. The number of rotatable bonds is 6. The van der Waals surface area contributed by atoms with Crippen LogP contribution >= 0.6 is 0 Å². The fourth-order valence-electron chi connectivity index (χ4n) is 1.83. The first-order valence-electron chi connectivity index (χ1n) is 6.40. The first kappa shape index (κ1) is 16.3. The Bertz CT molecular complexity index is 683. The summed E-state index contributed by atoms with van der Waals surface area (Å²) >= 11 is 0. The van der Waals surface area contributed by atoms with E-state index in [9.17, 15) is 9.59 Å². The minimum atomic E-state index is -2.27. The minimum absolute atomic E-state index is 0.113. The summed E-state index contributed by atoms with van der Waals surface area (Å²) in [5.41, 5.74) is 11.0. The summed E-state index contributed by atoms with van der Waals surface area (Å²) in [6.07, 6.45) is 0. The molecule has 2 aromatic rings. The standard InChI is InChI=1S/C15H14N2O6/c16-15(17,22-11-7-3-1-5-9(11)13(18)19)23-12-8-4-2-6-10(12)14(20)21/h1-8H,16-17H2,(H,18,19)(H,20,21). The summed E-state index contributed by atoms with van der Waals surface area (Å²) in [5, 5.41) is 18.2. The van der Waals surface area contributed by atoms with Crippen molar-refractivity contribution in [2.75, 3.05) is 0 Å². The first-order chi connectivity index (χ1) is 10.8. The predicted octanol–water partition coefficient (Wildman–Crippen LogP) is 1.07. The highest BCUT2D eigenvalue weighted by Crippen LogP contribution is 2.24. The second-order valence-electron chi connectivity index (χ2n) is 4.53. The van der Waals surface area contributed by atoms with Crippen molar-refractivity contribution in [3.05, 3.63) is 59.7 Å². The van der Waals surface area contributed by atoms with Gasteiger partial charge in [0, 0.05) is 0 Å². The molecule has 0 atom stereocenters. The molecule has 120 valence electrons. The molecule has 23 heavy (non-hydrogen) atoms. The predicted molar refractivity (Wildman–Crippen MR) is 79.2 cm³/mol. The van der Waals surface area contributed by atoms with Gasteiger partial charge in [0.05, 0.1) is 0 Å². The quantitative estimate of drug-likeness (QED) is 0.579. The lowest BCUT2D eigenvalue weighted by molar-refractivity contribution is -0.104. The number of nitrogens with two attached hydrogens (primary N) is 2. The summed E-state index contributed by atoms with van der Waals surface area (Å²) in [7, 11) is 0. The van der Waals surface area contributed by atoms with Crippen LogP contribution in [0.2, 0.25) is 0 Å². The summed E-state index contributed by atoms with van der Waals surface area (Å²) in [5.74, 6) is -2.69. The van der Waals surface area contributed by atoms with Gasteiger partial charge in [-0.15, -0.1) is 0 Å². The van der Waals surface area contributed by atoms with Gasteiger partial charge in [-0.1, -0.05) is 24.3 Å². The number of carboxylic acid groups (broad SMARTS) is 2. The van der Waals surface area contributed by atoms with Crippen molar-refractivity contribution in [2.24, 2.45) is 11.5 Å². The lowest BCUT2D eigenvalue weighted by Crippen LogP contribution is -2.60. The molecule has 0 amide bonds. The summed E-state index contributed by atoms with van der Waals surface area (Å²) in [4.78, 5) is 22.3. The van der Waals surface area contributed by atoms with E-state index in [1.165, 1.54) is 48.5 Å². The van der Waals surface area contributed by atoms with Gasteiger partial charge < -0.3 is 19.7 Å². The highest BCUT2D eigenvalue weighted by molar-refractivity contribution is 5.91. The average molecular weight is 318 g/mol. The minimum Gasteiger partial charge on any atom is -0.478 e. The van der Waals surface area contributed by atoms with Crippen molar-refractivity contribution in [2.45, 2.75) is 6.03 Å². The monoisotopic (exact) mass is 318 g/mol. The van der Waals surface area contributed by atoms with Gasteiger partial charge in [0.1, 0.15) is 22.6 Å². The normalized spacial score (nSPS) is 10.9. The molecule has 0 radical (unpaired) electrons. The van der Waals surface area contributed by atoms with Gasteiger partial charge in [-0.3, -0.25) is 0 Å². The average Bonchev–Trinajstić information content (AvgIpc) is 2.47. The van der Waals surface area contributed by atoms with Crippen LogP contribution in [0.4, 0.5) is 0 Å². The van der Waals surface area contributed by atoms with Gasteiger partial charge in [-0.25, -0.2) is 21.1 Å². The molecule has 6 N–H and O–H groups in total. The third kappa shape index (κ3) is 3.96. The van der Waals surface area contributed by atoms with Crippen LogP contribution in [0.25, 0.3) is 0 Å². The number of aromatic carboxylic acids is 2. The number of hydrogen-bond donors (Lipinski definition) is 4. The molecule has 0 aromatic heterocycles. The molecule has 0 aliphatic carbocycles. The molecule has 0 spiro atoms. The largest absolute Gasteiger partial charge is 0.478 e. The van der Waals surface area contributed by atoms with Crippen molar-refractivity contribution in [1.82, 2.24) is 0 Å². The number of hydrogen-bond acceptors (Lipinski definition) is 6. The smallest absolute Gasteiger partial charge is 0.376 e. The molecule has 0 saturated heterocycles. The zero-order chi connectivity index (χ0) is 17.0. The summed E-state index contributed by atoms with van der Waals surface area (Å²) < 4.78 is 10.4. The second-order valence-corrected chi connectivity index (χ2v) is 4.53. The van der Waals surface area contributed by atoms with Crippen LogP contribution in [0, 0.1) is 0 Å². The molecule has 8 nitrogen and oxygen atoms in total. The van der Waals surface area contributed by atoms with Crippen LogP contribution in [0.5, 0.6) is 11.5 Å². The zero-order valence-electron chi connectivity index (χ0n) is 11.8. The van der Waals surface area contributed by atoms with Crippen molar-refractivity contribution >= 4 is 11.9 Å². The molecular formula is C15H14N2O6. The highest BCUT2D eigenvalue weighted by atomic mass is 16.7. The lowest BCUT2D eigenvalue weighted by Gasteiger charge is -2.27. The van der Waals surface area contributed by atoms with Crippen LogP contribution in [-0.2, 0) is 0 Å². The molecule has 0 aliphatic heterocycles. The number of carbonyl (C=O) groups is 2. The molecule has 0 heterocycles. The Morgan fingerprint density at radius 1 is 0.783 bits per heavy atom. The van der Waals surface area contributed by atoms with Gasteiger partial charge in [0.15, 0.2) is 0 Å². The lowest BCUT2D eigenvalue weighted by atomic mass is 10.2. The van der Waals surface area contributed by atoms with E-state index in [-0.39, 0.29) is 22.6 Å². The molecule has 0 saturated carbocycles. The Labute approximate surface area is 130 Å². The third-order valence-electron chi connectivity index (χ3n) is 2.77. The van der Waals surface area contributed by atoms with Crippen molar-refractivity contribution in [1.29, 1.82) is 0 Å². The Hall–Kier alpha value is -3.10. The summed E-state index contributed by atoms with van der Waals surface area (Å²) in [6, 6.07) is 9.12. The van der Waals surface area contributed by atoms with E-state index in [1.54, 1.807) is 0 Å². The van der Waals surface area contributed by atoms with E-state index in [1.807, 2.05) is 0 Å². The Kier molecular flexibility index (Phi) is 4.49. The van der Waals surface area contributed by atoms with E-state index >= 15 is 0 Å². The van der Waals surface area contributed by atoms with Crippen LogP contribution in [0.15, 0.2) is 48.5 Å². The highest BCUT2D eigenvalue weighted by Gasteiger charge is 2.28. The molecule has 8 heteroatoms. The van der Waals surface area contributed by atoms with E-state index < -0.39 is 18.0 Å². The molecular weight excluding hydrogens is 304 g/mol. The maximum absolute atomic E-state index is 11.1. The summed E-state index contributed by atoms with van der Waals surface area (Å²) in [6.45, 7) is 0. The maximum Gasteiger partial charge on any atom is 0.376 e. The number of ether oxygens (including phenoxy) is 2. The molecule has 2 rings (SSSR count). The van der Waals surface area contributed by atoms with Gasteiger partial charge in [0.2, 0.25) is 0 Å². The van der Waals surface area contributed by atoms with Crippen molar-refractivity contribution in [3.63, 3.8) is 0 Å². The van der Waals surface area contributed by atoms with Crippen LogP contribution in [-0.4, -0.2) is 28.2 Å². The van der Waals surface area contributed by atoms with Gasteiger partial charge in [-0.2, -0.15) is 0 Å². The molecule has 0 bridgehead atoms. The van der Waals surface area contributed by atoms with Crippen molar-refractivity contribution < 1.29 is 29.3 Å². The third-order valence-corrected chi connectivity index (χ3v) is 2.77. The van der Waals surface area contributed by atoms with Crippen LogP contribution < -0.4 is 20.9 Å². The van der Waals surface area contributed by atoms with Crippen molar-refractivity contribution in [3.8, 4) is 11.5 Å². The number of carboxylic acids is 2. The zero-order valence-corrected chi connectivity index (χ0v) is 11.8. The fraction of sp³-hybridized carbons (Fsp3) is 0.0667. The number of para-hydroxylation sites is 2. The van der Waals surface area contributed by atoms with Gasteiger partial charge in [-0.05, 0) is 24.3 Å². The van der Waals surface area contributed by atoms with Gasteiger partial charge in [0.25, 0.3) is 0 Å². The number of benzene rings is 2. The molecule has 0 unspecified atom stereocenters. The SMILES string of the molecule is NC(N)(Oc1ccccc1C(=O)O)Oc1ccccc1C(=O)O. The van der Waals surface area contributed by atoms with Crippen LogP contribution in [0.3, 0.4) is 0 Å². The molecule has 0 fully saturated rings. The van der Waals surface area contributed by atoms with Gasteiger partial charge >= 0.3 is 18.0 Å². The van der Waals surface area contributed by atoms with E-state index in [0.29, 0.717) is 0 Å². The molecule has 0 aliphatic rings. The maximum atomic E-state index is 11.1.